The van der Waals surface area contributed by atoms with Crippen LogP contribution in [0.3, 0.4) is 0 Å². The largest absolute Gasteiger partial charge is 0.467 e. The monoisotopic (exact) mass is 341 g/mol. The van der Waals surface area contributed by atoms with Crippen LogP contribution in [0.2, 0.25) is 0 Å². The van der Waals surface area contributed by atoms with Crippen molar-refractivity contribution in [1.82, 2.24) is 5.32 Å². The standard InChI is InChI=1S/C19H19NO5/c1-24-18(22)16(12-17(21)15-10-6-3-7-11-15)20-19(23)25-13-14-8-4-2-5-9-14/h2-11,16H,12-13H2,1H3,(H,20,23). The van der Waals surface area contributed by atoms with Gasteiger partial charge in [0, 0.05) is 12.0 Å². The molecule has 0 aliphatic carbocycles. The zero-order valence-electron chi connectivity index (χ0n) is 13.8. The van der Waals surface area contributed by atoms with Crippen LogP contribution in [0.5, 0.6) is 0 Å². The quantitative estimate of drug-likeness (QED) is 0.618. The summed E-state index contributed by atoms with van der Waals surface area (Å²) in [6.45, 7) is 0.0627. The Bertz CT molecular complexity index is 715. The van der Waals surface area contributed by atoms with Gasteiger partial charge in [-0.1, -0.05) is 60.7 Å². The Morgan fingerprint density at radius 3 is 2.16 bits per heavy atom. The summed E-state index contributed by atoms with van der Waals surface area (Å²) in [5, 5.41) is 2.38. The number of esters is 1. The lowest BCUT2D eigenvalue weighted by molar-refractivity contribution is -0.142. The fraction of sp³-hybridized carbons (Fsp3) is 0.211. The number of alkyl carbamates (subject to hydrolysis) is 1. The first-order valence-corrected chi connectivity index (χ1v) is 7.73. The van der Waals surface area contributed by atoms with E-state index < -0.39 is 18.1 Å². The number of amides is 1. The molecule has 1 atom stereocenters. The molecule has 0 bridgehead atoms. The second kappa shape index (κ2) is 9.22. The molecule has 130 valence electrons. The van der Waals surface area contributed by atoms with Gasteiger partial charge in [-0.25, -0.2) is 9.59 Å². The Hall–Kier alpha value is -3.15. The minimum atomic E-state index is -1.11. The Morgan fingerprint density at radius 1 is 0.960 bits per heavy atom. The molecular weight excluding hydrogens is 322 g/mol. The van der Waals surface area contributed by atoms with Crippen molar-refractivity contribution in [1.29, 1.82) is 0 Å². The Kier molecular flexibility index (Phi) is 6.71. The molecule has 1 unspecified atom stereocenters. The molecule has 2 rings (SSSR count). The number of rotatable bonds is 7. The third kappa shape index (κ3) is 5.76. The Balaban J connectivity index is 1.94. The number of hydrogen-bond acceptors (Lipinski definition) is 5. The van der Waals surface area contributed by atoms with E-state index >= 15 is 0 Å². The summed E-state index contributed by atoms with van der Waals surface area (Å²) in [6.07, 6.45) is -1.00. The van der Waals surface area contributed by atoms with Crippen LogP contribution >= 0.6 is 0 Å². The van der Waals surface area contributed by atoms with Gasteiger partial charge in [-0.3, -0.25) is 4.79 Å². The summed E-state index contributed by atoms with van der Waals surface area (Å²) >= 11 is 0. The maximum Gasteiger partial charge on any atom is 0.408 e. The number of benzene rings is 2. The zero-order valence-corrected chi connectivity index (χ0v) is 13.8. The number of methoxy groups -OCH3 is 1. The third-order valence-electron chi connectivity index (χ3n) is 3.48. The second-order valence-electron chi connectivity index (χ2n) is 5.28. The Labute approximate surface area is 145 Å². The number of ketones is 1. The summed E-state index contributed by atoms with van der Waals surface area (Å²) < 4.78 is 9.72. The minimum Gasteiger partial charge on any atom is -0.467 e. The van der Waals surface area contributed by atoms with Gasteiger partial charge in [0.05, 0.1) is 7.11 Å². The maximum absolute atomic E-state index is 12.2. The van der Waals surface area contributed by atoms with E-state index in [0.29, 0.717) is 5.56 Å². The summed E-state index contributed by atoms with van der Waals surface area (Å²) in [5.41, 5.74) is 1.27. The molecule has 0 saturated carbocycles. The molecular formula is C19H19NO5. The fourth-order valence-corrected chi connectivity index (χ4v) is 2.17. The average molecular weight is 341 g/mol. The fourth-order valence-electron chi connectivity index (χ4n) is 2.17. The van der Waals surface area contributed by atoms with Crippen molar-refractivity contribution >= 4 is 17.8 Å². The molecule has 1 N–H and O–H groups in total. The number of hydrogen-bond donors (Lipinski definition) is 1. The maximum atomic E-state index is 12.2. The van der Waals surface area contributed by atoms with E-state index in [1.54, 1.807) is 30.3 Å². The number of carbonyl (C=O) groups excluding carboxylic acids is 3. The minimum absolute atomic E-state index is 0.0627. The van der Waals surface area contributed by atoms with Crippen molar-refractivity contribution in [2.24, 2.45) is 0 Å². The van der Waals surface area contributed by atoms with Gasteiger partial charge in [0.25, 0.3) is 0 Å². The molecule has 0 aliphatic rings. The predicted molar refractivity (Wildman–Crippen MR) is 91.0 cm³/mol. The van der Waals surface area contributed by atoms with Gasteiger partial charge in [0.1, 0.15) is 12.6 Å². The molecule has 0 radical (unpaired) electrons. The highest BCUT2D eigenvalue weighted by molar-refractivity contribution is 5.99. The van der Waals surface area contributed by atoms with Crippen LogP contribution in [0.1, 0.15) is 22.3 Å². The SMILES string of the molecule is COC(=O)C(CC(=O)c1ccccc1)NC(=O)OCc1ccccc1. The molecule has 0 spiro atoms. The van der Waals surface area contributed by atoms with E-state index in [9.17, 15) is 14.4 Å². The summed E-state index contributed by atoms with van der Waals surface area (Å²) in [5.74, 6) is -0.986. The van der Waals surface area contributed by atoms with Crippen molar-refractivity contribution in [2.75, 3.05) is 7.11 Å². The van der Waals surface area contributed by atoms with Gasteiger partial charge >= 0.3 is 12.1 Å². The molecule has 2 aromatic rings. The van der Waals surface area contributed by atoms with Crippen LogP contribution in [0.4, 0.5) is 4.79 Å². The normalized spacial score (nSPS) is 11.2. The lowest BCUT2D eigenvalue weighted by Gasteiger charge is -2.16. The van der Waals surface area contributed by atoms with Crippen LogP contribution in [0.25, 0.3) is 0 Å². The van der Waals surface area contributed by atoms with Crippen molar-refractivity contribution in [3.05, 3.63) is 71.8 Å². The molecule has 0 fully saturated rings. The van der Waals surface area contributed by atoms with Crippen LogP contribution in [-0.4, -0.2) is 31.0 Å². The van der Waals surface area contributed by atoms with Crippen molar-refractivity contribution in [3.8, 4) is 0 Å². The molecule has 0 heterocycles. The van der Waals surface area contributed by atoms with Gasteiger partial charge in [-0.15, -0.1) is 0 Å². The first-order chi connectivity index (χ1) is 12.1. The third-order valence-corrected chi connectivity index (χ3v) is 3.48. The van der Waals surface area contributed by atoms with Crippen molar-refractivity contribution < 1.29 is 23.9 Å². The highest BCUT2D eigenvalue weighted by Crippen LogP contribution is 2.07. The van der Waals surface area contributed by atoms with Crippen LogP contribution in [-0.2, 0) is 20.9 Å². The topological polar surface area (TPSA) is 81.7 Å². The van der Waals surface area contributed by atoms with Crippen LogP contribution < -0.4 is 5.32 Å². The van der Waals surface area contributed by atoms with Crippen molar-refractivity contribution in [2.45, 2.75) is 19.1 Å². The molecule has 6 nitrogen and oxygen atoms in total. The van der Waals surface area contributed by atoms with E-state index in [4.69, 9.17) is 4.74 Å². The second-order valence-corrected chi connectivity index (χ2v) is 5.28. The number of Topliss-reactive ketones (excluding diaryl/α,β-unsaturated/α-hetero) is 1. The first kappa shape index (κ1) is 18.2. The first-order valence-electron chi connectivity index (χ1n) is 7.73. The number of nitrogens with one attached hydrogen (secondary N) is 1. The molecule has 25 heavy (non-hydrogen) atoms. The lowest BCUT2D eigenvalue weighted by Crippen LogP contribution is -2.43. The molecule has 0 aliphatic heterocycles. The predicted octanol–water partition coefficient (Wildman–Crippen LogP) is 2.73. The number of carbonyl (C=O) groups is 3. The van der Waals surface area contributed by atoms with Gasteiger partial charge in [0.15, 0.2) is 5.78 Å². The molecule has 0 aromatic heterocycles. The van der Waals surface area contributed by atoms with Gasteiger partial charge in [-0.2, -0.15) is 0 Å². The van der Waals surface area contributed by atoms with Crippen LogP contribution in [0.15, 0.2) is 60.7 Å². The van der Waals surface area contributed by atoms with E-state index in [-0.39, 0.29) is 18.8 Å². The zero-order chi connectivity index (χ0) is 18.1. The van der Waals surface area contributed by atoms with Crippen molar-refractivity contribution in [3.63, 3.8) is 0 Å². The smallest absolute Gasteiger partial charge is 0.408 e. The Morgan fingerprint density at radius 2 is 1.56 bits per heavy atom. The van der Waals surface area contributed by atoms with E-state index in [0.717, 1.165) is 5.56 Å². The lowest BCUT2D eigenvalue weighted by atomic mass is 10.0. The highest BCUT2D eigenvalue weighted by Gasteiger charge is 2.25. The van der Waals surface area contributed by atoms with Gasteiger partial charge in [0.2, 0.25) is 0 Å². The highest BCUT2D eigenvalue weighted by atomic mass is 16.6. The van der Waals surface area contributed by atoms with E-state index in [1.807, 2.05) is 30.3 Å². The summed E-state index contributed by atoms with van der Waals surface area (Å²) in [4.78, 5) is 36.0. The van der Waals surface area contributed by atoms with Gasteiger partial charge in [-0.05, 0) is 5.56 Å². The van der Waals surface area contributed by atoms with E-state index in [2.05, 4.69) is 10.1 Å². The van der Waals surface area contributed by atoms with E-state index in [1.165, 1.54) is 7.11 Å². The molecule has 2 aromatic carbocycles. The number of ether oxygens (including phenoxy) is 2. The summed E-state index contributed by atoms with van der Waals surface area (Å²) in [7, 11) is 1.19. The molecule has 1 amide bonds. The van der Waals surface area contributed by atoms with Crippen LogP contribution in [0, 0.1) is 0 Å². The summed E-state index contributed by atoms with van der Waals surface area (Å²) in [6, 6.07) is 16.5. The average Bonchev–Trinajstić information content (AvgIpc) is 2.66. The molecule has 0 saturated heterocycles. The van der Waals surface area contributed by atoms with Gasteiger partial charge < -0.3 is 14.8 Å². The molecule has 6 heteroatoms.